The highest BCUT2D eigenvalue weighted by molar-refractivity contribution is 6.06. The number of benzene rings is 1. The highest BCUT2D eigenvalue weighted by atomic mass is 19.1. The summed E-state index contributed by atoms with van der Waals surface area (Å²) in [6.07, 6.45) is 6.17. The van der Waals surface area contributed by atoms with Crippen molar-refractivity contribution in [2.24, 2.45) is 16.6 Å². The molecule has 0 aliphatic carbocycles. The number of hydrogen-bond donors (Lipinski definition) is 4. The fourth-order valence-corrected chi connectivity index (χ4v) is 6.59. The van der Waals surface area contributed by atoms with Gasteiger partial charge in [0.05, 0.1) is 11.4 Å². The van der Waals surface area contributed by atoms with E-state index in [1.807, 2.05) is 29.5 Å². The molecule has 13 heteroatoms. The smallest absolute Gasteiger partial charge is 0.285 e. The minimum absolute atomic E-state index is 0.0224. The first-order chi connectivity index (χ1) is 22.7. The van der Waals surface area contributed by atoms with Crippen LogP contribution in [0.4, 0.5) is 10.1 Å². The van der Waals surface area contributed by atoms with Gasteiger partial charge in [0.1, 0.15) is 23.6 Å². The Morgan fingerprint density at radius 3 is 2.60 bits per heavy atom. The fraction of sp³-hybridized carbons (Fsp3) is 0.353. The second-order valence-electron chi connectivity index (χ2n) is 12.3. The van der Waals surface area contributed by atoms with E-state index in [0.29, 0.717) is 48.8 Å². The van der Waals surface area contributed by atoms with Crippen LogP contribution in [0.1, 0.15) is 72.9 Å². The molecule has 0 saturated carbocycles. The lowest BCUT2D eigenvalue weighted by atomic mass is 9.92. The Kier molecular flexibility index (Phi) is 8.88. The quantitative estimate of drug-likeness (QED) is 0.165. The molecule has 0 atom stereocenters. The number of H-pyrrole nitrogens is 1. The van der Waals surface area contributed by atoms with Crippen molar-refractivity contribution in [1.29, 1.82) is 5.41 Å². The van der Waals surface area contributed by atoms with Gasteiger partial charge < -0.3 is 20.9 Å². The molecule has 2 aliphatic rings. The summed E-state index contributed by atoms with van der Waals surface area (Å²) in [5, 5.41) is 10.1. The first-order valence-corrected chi connectivity index (χ1v) is 15.9. The number of aliphatic imine (C=N–C) groups is 1. The number of amides is 2. The van der Waals surface area contributed by atoms with Crippen LogP contribution in [0.3, 0.4) is 0 Å². The van der Waals surface area contributed by atoms with Gasteiger partial charge in [-0.15, -0.1) is 0 Å². The van der Waals surface area contributed by atoms with Crippen LogP contribution in [0.5, 0.6) is 0 Å². The molecule has 0 spiro atoms. The molecule has 0 unspecified atom stereocenters. The molecule has 244 valence electrons. The lowest BCUT2D eigenvalue weighted by Crippen LogP contribution is -2.40. The van der Waals surface area contributed by atoms with Crippen molar-refractivity contribution < 1.29 is 14.0 Å². The third-order valence-electron chi connectivity index (χ3n) is 8.93. The molecule has 0 bridgehead atoms. The van der Waals surface area contributed by atoms with Gasteiger partial charge in [-0.05, 0) is 68.5 Å². The van der Waals surface area contributed by atoms with Crippen molar-refractivity contribution in [2.45, 2.75) is 58.4 Å². The molecule has 5 heterocycles. The van der Waals surface area contributed by atoms with Gasteiger partial charge in [-0.3, -0.25) is 24.5 Å². The Morgan fingerprint density at radius 2 is 1.91 bits per heavy atom. The molecular weight excluding hydrogens is 601 g/mol. The van der Waals surface area contributed by atoms with Crippen LogP contribution in [0, 0.1) is 17.1 Å². The number of nitrogens with zero attached hydrogens (tertiary/aromatic N) is 5. The predicted molar refractivity (Wildman–Crippen MR) is 178 cm³/mol. The number of nitrogens with one attached hydrogen (secondary N) is 3. The van der Waals surface area contributed by atoms with Crippen molar-refractivity contribution in [2.75, 3.05) is 18.4 Å². The first kappa shape index (κ1) is 31.6. The summed E-state index contributed by atoms with van der Waals surface area (Å²) < 4.78 is 19.1. The third-order valence-corrected chi connectivity index (χ3v) is 8.93. The number of halogens is 1. The predicted octanol–water partition coefficient (Wildman–Crippen LogP) is 4.43. The van der Waals surface area contributed by atoms with E-state index < -0.39 is 17.3 Å². The van der Waals surface area contributed by atoms with E-state index >= 15 is 4.39 Å². The number of pyridine rings is 1. The average molecular weight is 640 g/mol. The molecule has 5 N–H and O–H groups in total. The normalized spacial score (nSPS) is 15.5. The summed E-state index contributed by atoms with van der Waals surface area (Å²) >= 11 is 0. The molecule has 3 aromatic heterocycles. The molecule has 4 aromatic rings. The van der Waals surface area contributed by atoms with Crippen molar-refractivity contribution >= 4 is 29.7 Å². The Labute approximate surface area is 271 Å². The zero-order chi connectivity index (χ0) is 33.2. The molecule has 6 rings (SSSR count). The highest BCUT2D eigenvalue weighted by Gasteiger charge is 2.30. The lowest BCUT2D eigenvalue weighted by molar-refractivity contribution is -0.135. The van der Waals surface area contributed by atoms with E-state index in [1.54, 1.807) is 36.5 Å². The number of aromatic nitrogens is 4. The number of carbonyl (C=O) groups excluding carboxylic acids is 2. The summed E-state index contributed by atoms with van der Waals surface area (Å²) in [6.45, 7) is 5.61. The number of carbonyl (C=O) groups is 2. The summed E-state index contributed by atoms with van der Waals surface area (Å²) in [5.74, 6) is -0.607. The fourth-order valence-electron chi connectivity index (χ4n) is 6.59. The van der Waals surface area contributed by atoms with Gasteiger partial charge in [0, 0.05) is 60.2 Å². The van der Waals surface area contributed by atoms with Gasteiger partial charge in [0.15, 0.2) is 5.82 Å². The first-order valence-electron chi connectivity index (χ1n) is 15.9. The molecule has 0 radical (unpaired) electrons. The second-order valence-corrected chi connectivity index (χ2v) is 12.3. The topological polar surface area (TPSA) is 167 Å². The average Bonchev–Trinajstić information content (AvgIpc) is 3.64. The second kappa shape index (κ2) is 13.2. The number of anilines is 1. The SMILES string of the molecule is CC(C)C(=O)N1CCC(c2cc(-c3ccc(NC(=O)c4c5n(n(-c6ccccn6)c4=O)CCCC5)cc3F)c(C(N)=NC=N)[nH]2)CC1. The molecule has 1 fully saturated rings. The minimum atomic E-state index is -0.614. The van der Waals surface area contributed by atoms with Gasteiger partial charge in [-0.2, -0.15) is 4.68 Å². The van der Waals surface area contributed by atoms with Gasteiger partial charge in [-0.1, -0.05) is 19.9 Å². The van der Waals surface area contributed by atoms with Crippen molar-refractivity contribution in [1.82, 2.24) is 24.2 Å². The molecule has 1 aromatic carbocycles. The van der Waals surface area contributed by atoms with Crippen LogP contribution in [0.2, 0.25) is 0 Å². The number of nitrogens with two attached hydrogens (primary N) is 1. The van der Waals surface area contributed by atoms with Crippen molar-refractivity contribution in [3.63, 3.8) is 0 Å². The molecule has 2 aliphatic heterocycles. The summed E-state index contributed by atoms with van der Waals surface area (Å²) in [4.78, 5) is 53.0. The van der Waals surface area contributed by atoms with E-state index in [9.17, 15) is 14.4 Å². The van der Waals surface area contributed by atoms with E-state index in [1.165, 1.54) is 10.7 Å². The number of piperidine rings is 1. The molecular formula is C34H38FN9O3. The zero-order valence-electron chi connectivity index (χ0n) is 26.4. The van der Waals surface area contributed by atoms with Gasteiger partial charge >= 0.3 is 0 Å². The summed E-state index contributed by atoms with van der Waals surface area (Å²) in [5.41, 5.74) is 8.50. The maximum atomic E-state index is 15.9. The van der Waals surface area contributed by atoms with E-state index in [-0.39, 0.29) is 40.4 Å². The molecule has 2 amide bonds. The van der Waals surface area contributed by atoms with Crippen molar-refractivity contribution in [3.8, 4) is 16.9 Å². The number of rotatable bonds is 8. The molecule has 1 saturated heterocycles. The number of aromatic amines is 1. The number of likely N-dealkylation sites (tertiary alicyclic amines) is 1. The van der Waals surface area contributed by atoms with Crippen LogP contribution < -0.4 is 16.6 Å². The van der Waals surface area contributed by atoms with E-state index in [4.69, 9.17) is 11.1 Å². The number of amidine groups is 1. The number of fused-ring (bicyclic) bond motifs is 1. The van der Waals surface area contributed by atoms with Crippen LogP contribution in [-0.2, 0) is 17.8 Å². The maximum Gasteiger partial charge on any atom is 0.285 e. The number of hydrogen-bond acceptors (Lipinski definition) is 5. The van der Waals surface area contributed by atoms with Gasteiger partial charge in [-0.25, -0.2) is 14.4 Å². The van der Waals surface area contributed by atoms with Crippen LogP contribution >= 0.6 is 0 Å². The molecule has 47 heavy (non-hydrogen) atoms. The third kappa shape index (κ3) is 6.12. The lowest BCUT2D eigenvalue weighted by Gasteiger charge is -2.32. The van der Waals surface area contributed by atoms with Crippen LogP contribution in [0.15, 0.2) is 58.4 Å². The zero-order valence-corrected chi connectivity index (χ0v) is 26.4. The molecule has 12 nitrogen and oxygen atoms in total. The Hall–Kier alpha value is -5.33. The van der Waals surface area contributed by atoms with E-state index in [0.717, 1.165) is 37.7 Å². The Balaban J connectivity index is 1.28. The Bertz CT molecular complexity index is 1910. The van der Waals surface area contributed by atoms with Gasteiger partial charge in [0.25, 0.3) is 11.5 Å². The summed E-state index contributed by atoms with van der Waals surface area (Å²) in [7, 11) is 0. The monoisotopic (exact) mass is 639 g/mol. The minimum Gasteiger partial charge on any atom is -0.382 e. The van der Waals surface area contributed by atoms with Crippen molar-refractivity contribution in [3.05, 3.63) is 87.5 Å². The maximum absolute atomic E-state index is 15.9. The highest BCUT2D eigenvalue weighted by Crippen LogP contribution is 2.35. The van der Waals surface area contributed by atoms with Crippen LogP contribution in [-0.4, -0.2) is 61.3 Å². The van der Waals surface area contributed by atoms with Gasteiger partial charge in [0.2, 0.25) is 5.91 Å². The largest absolute Gasteiger partial charge is 0.382 e. The van der Waals surface area contributed by atoms with E-state index in [2.05, 4.69) is 20.3 Å². The Morgan fingerprint density at radius 1 is 1.13 bits per heavy atom. The summed E-state index contributed by atoms with van der Waals surface area (Å²) in [6, 6.07) is 11.4. The van der Waals surface area contributed by atoms with Crippen LogP contribution in [0.25, 0.3) is 16.9 Å². The standard InChI is InChI=1S/C34H38FN9O3/c1-20(2)33(46)42-15-11-21(12-16-42)26-18-24(30(41-26)31(37)39-19-36)23-10-9-22(17-25(23)35)40-32(45)29-27-7-4-6-14-43(27)44(34(29)47)28-8-3-5-13-38-28/h3,5,8-10,13,17-21,41H,4,6-7,11-12,14-16H2,1-2H3,(H,40,45)(H3,36,37,39).